The van der Waals surface area contributed by atoms with E-state index >= 15 is 0 Å². The smallest absolute Gasteiger partial charge is 0.245 e. The topological polar surface area (TPSA) is 29.5 Å². The van der Waals surface area contributed by atoms with Crippen LogP contribution in [0.3, 0.4) is 0 Å². The Hall–Kier alpha value is -1.06. The molecule has 2 fully saturated rings. The first-order valence-corrected chi connectivity index (χ1v) is 6.81. The predicted molar refractivity (Wildman–Crippen MR) is 69.5 cm³/mol. The van der Waals surface area contributed by atoms with Gasteiger partial charge in [0, 0.05) is 13.1 Å². The minimum atomic E-state index is -0.580. The van der Waals surface area contributed by atoms with E-state index in [4.69, 9.17) is 16.3 Å². The molecule has 18 heavy (non-hydrogen) atoms. The van der Waals surface area contributed by atoms with Gasteiger partial charge in [0.2, 0.25) is 5.91 Å². The number of nitrogens with zero attached hydrogens (tertiary/aromatic N) is 1. The molecule has 96 valence electrons. The summed E-state index contributed by atoms with van der Waals surface area (Å²) in [7, 11) is 0. The Bertz CT molecular complexity index is 425. The Balaban J connectivity index is 1.71. The molecule has 0 spiro atoms. The first-order valence-electron chi connectivity index (χ1n) is 6.37. The van der Waals surface area contributed by atoms with Gasteiger partial charge in [-0.25, -0.2) is 0 Å². The molecule has 1 aromatic rings. The maximum atomic E-state index is 12.4. The highest BCUT2D eigenvalue weighted by atomic mass is 35.5. The second kappa shape index (κ2) is 4.90. The number of likely N-dealkylation sites (tertiary alicyclic amines) is 1. The predicted octanol–water partition coefficient (Wildman–Crippen LogP) is 2.36. The fourth-order valence-electron chi connectivity index (χ4n) is 2.72. The minimum Gasteiger partial charge on any atom is -0.371 e. The van der Waals surface area contributed by atoms with Crippen LogP contribution in [0.2, 0.25) is 0 Å². The second-order valence-electron chi connectivity index (χ2n) is 4.97. The molecule has 0 aromatic heterocycles. The molecule has 2 heterocycles. The van der Waals surface area contributed by atoms with Crippen molar-refractivity contribution in [3.05, 3.63) is 35.9 Å². The fourth-order valence-corrected chi connectivity index (χ4v) is 3.00. The number of carbonyl (C=O) groups excluding carboxylic acids is 1. The molecule has 1 aromatic carbocycles. The number of halogens is 1. The maximum absolute atomic E-state index is 12.4. The van der Waals surface area contributed by atoms with Gasteiger partial charge in [0.05, 0.1) is 12.2 Å². The molecule has 2 aliphatic rings. The van der Waals surface area contributed by atoms with Gasteiger partial charge in [0.25, 0.3) is 0 Å². The van der Waals surface area contributed by atoms with Crippen molar-refractivity contribution < 1.29 is 9.53 Å². The average molecular weight is 266 g/mol. The summed E-state index contributed by atoms with van der Waals surface area (Å²) in [4.78, 5) is 14.2. The van der Waals surface area contributed by atoms with E-state index in [0.717, 1.165) is 18.4 Å². The van der Waals surface area contributed by atoms with E-state index in [1.54, 1.807) is 0 Å². The molecule has 0 radical (unpaired) electrons. The third-order valence-corrected chi connectivity index (χ3v) is 4.10. The molecule has 1 amide bonds. The van der Waals surface area contributed by atoms with Crippen LogP contribution in [0.1, 0.15) is 23.8 Å². The van der Waals surface area contributed by atoms with Crippen molar-refractivity contribution in [2.75, 3.05) is 13.1 Å². The van der Waals surface area contributed by atoms with E-state index < -0.39 is 5.38 Å². The number of carbonyl (C=O) groups is 1. The van der Waals surface area contributed by atoms with Crippen molar-refractivity contribution in [1.29, 1.82) is 0 Å². The molecular formula is C14H16ClNO2. The molecule has 0 saturated carbocycles. The lowest BCUT2D eigenvalue weighted by Crippen LogP contribution is -2.46. The van der Waals surface area contributed by atoms with Gasteiger partial charge in [-0.05, 0) is 18.4 Å². The van der Waals surface area contributed by atoms with Crippen molar-refractivity contribution >= 4 is 17.5 Å². The van der Waals surface area contributed by atoms with Crippen LogP contribution in [0.5, 0.6) is 0 Å². The van der Waals surface area contributed by atoms with Crippen molar-refractivity contribution in [2.24, 2.45) is 0 Å². The molecule has 0 N–H and O–H groups in total. The van der Waals surface area contributed by atoms with E-state index in [1.165, 1.54) is 0 Å². The first-order chi connectivity index (χ1) is 8.74. The van der Waals surface area contributed by atoms with Crippen LogP contribution in [0.4, 0.5) is 0 Å². The summed E-state index contributed by atoms with van der Waals surface area (Å²) in [5.41, 5.74) is 0.864. The highest BCUT2D eigenvalue weighted by molar-refractivity contribution is 6.30. The van der Waals surface area contributed by atoms with Crippen LogP contribution >= 0.6 is 11.6 Å². The molecule has 3 unspecified atom stereocenters. The van der Waals surface area contributed by atoms with Gasteiger partial charge in [-0.1, -0.05) is 30.3 Å². The Labute approximate surface area is 112 Å². The molecule has 3 atom stereocenters. The lowest BCUT2D eigenvalue weighted by atomic mass is 10.1. The molecular weight excluding hydrogens is 250 g/mol. The quantitative estimate of drug-likeness (QED) is 0.769. The number of hydrogen-bond donors (Lipinski definition) is 0. The summed E-state index contributed by atoms with van der Waals surface area (Å²) in [5, 5.41) is -0.580. The highest BCUT2D eigenvalue weighted by Crippen LogP contribution is 2.30. The summed E-state index contributed by atoms with van der Waals surface area (Å²) in [6.07, 6.45) is 2.55. The lowest BCUT2D eigenvalue weighted by molar-refractivity contribution is -0.139. The summed E-state index contributed by atoms with van der Waals surface area (Å²) in [6, 6.07) is 9.52. The molecule has 0 aliphatic carbocycles. The number of fused-ring (bicyclic) bond motifs is 2. The summed E-state index contributed by atoms with van der Waals surface area (Å²) >= 11 is 6.27. The molecule has 2 aliphatic heterocycles. The number of ether oxygens (including phenoxy) is 1. The number of benzene rings is 1. The lowest BCUT2D eigenvalue weighted by Gasteiger charge is -2.33. The van der Waals surface area contributed by atoms with Crippen LogP contribution in [-0.2, 0) is 9.53 Å². The number of hydrogen-bond acceptors (Lipinski definition) is 2. The largest absolute Gasteiger partial charge is 0.371 e. The zero-order valence-corrected chi connectivity index (χ0v) is 10.8. The zero-order chi connectivity index (χ0) is 12.5. The van der Waals surface area contributed by atoms with Gasteiger partial charge in [-0.3, -0.25) is 4.79 Å². The van der Waals surface area contributed by atoms with E-state index in [1.807, 2.05) is 35.2 Å². The normalized spacial score (nSPS) is 28.2. The van der Waals surface area contributed by atoms with Gasteiger partial charge < -0.3 is 9.64 Å². The summed E-state index contributed by atoms with van der Waals surface area (Å²) in [5.74, 6) is 0.00284. The third-order valence-electron chi connectivity index (χ3n) is 3.66. The van der Waals surface area contributed by atoms with E-state index in [9.17, 15) is 4.79 Å². The zero-order valence-electron chi connectivity index (χ0n) is 10.1. The Morgan fingerprint density at radius 3 is 2.44 bits per heavy atom. The van der Waals surface area contributed by atoms with Crippen molar-refractivity contribution in [3.63, 3.8) is 0 Å². The van der Waals surface area contributed by atoms with Crippen LogP contribution in [0, 0.1) is 0 Å². The average Bonchev–Trinajstić information content (AvgIpc) is 2.77. The number of morpholine rings is 1. The molecule has 2 bridgehead atoms. The fraction of sp³-hybridized carbons (Fsp3) is 0.500. The number of amides is 1. The first kappa shape index (κ1) is 12.0. The summed E-state index contributed by atoms with van der Waals surface area (Å²) in [6.45, 7) is 1.37. The Morgan fingerprint density at radius 1 is 1.22 bits per heavy atom. The second-order valence-corrected chi connectivity index (χ2v) is 5.41. The van der Waals surface area contributed by atoms with Gasteiger partial charge in [0.1, 0.15) is 5.38 Å². The van der Waals surface area contributed by atoms with Crippen LogP contribution < -0.4 is 0 Å². The third kappa shape index (κ3) is 2.25. The minimum absolute atomic E-state index is 0.00284. The number of rotatable bonds is 2. The van der Waals surface area contributed by atoms with Crippen LogP contribution in [0.15, 0.2) is 30.3 Å². The van der Waals surface area contributed by atoms with Crippen molar-refractivity contribution in [1.82, 2.24) is 4.90 Å². The Morgan fingerprint density at radius 2 is 1.83 bits per heavy atom. The van der Waals surface area contributed by atoms with Crippen LogP contribution in [-0.4, -0.2) is 36.1 Å². The van der Waals surface area contributed by atoms with E-state index in [2.05, 4.69) is 0 Å². The molecule has 3 nitrogen and oxygen atoms in total. The van der Waals surface area contributed by atoms with Crippen molar-refractivity contribution in [2.45, 2.75) is 30.4 Å². The number of alkyl halides is 1. The molecule has 3 rings (SSSR count). The van der Waals surface area contributed by atoms with Gasteiger partial charge in [-0.15, -0.1) is 11.6 Å². The SMILES string of the molecule is O=C(C(Cl)c1ccccc1)N1CC2CCC(C1)O2. The summed E-state index contributed by atoms with van der Waals surface area (Å²) < 4.78 is 5.73. The van der Waals surface area contributed by atoms with E-state index in [0.29, 0.717) is 13.1 Å². The van der Waals surface area contributed by atoms with Gasteiger partial charge in [0.15, 0.2) is 0 Å². The highest BCUT2D eigenvalue weighted by Gasteiger charge is 2.37. The van der Waals surface area contributed by atoms with Gasteiger partial charge in [-0.2, -0.15) is 0 Å². The molecule has 2 saturated heterocycles. The van der Waals surface area contributed by atoms with Crippen LogP contribution in [0.25, 0.3) is 0 Å². The molecule has 4 heteroatoms. The van der Waals surface area contributed by atoms with Crippen molar-refractivity contribution in [3.8, 4) is 0 Å². The maximum Gasteiger partial charge on any atom is 0.245 e. The standard InChI is InChI=1S/C14H16ClNO2/c15-13(10-4-2-1-3-5-10)14(17)16-8-11-6-7-12(9-16)18-11/h1-5,11-13H,6-9H2. The monoisotopic (exact) mass is 265 g/mol. The Kier molecular flexibility index (Phi) is 3.27. The van der Waals surface area contributed by atoms with Gasteiger partial charge >= 0.3 is 0 Å². The van der Waals surface area contributed by atoms with E-state index in [-0.39, 0.29) is 18.1 Å².